The molecular formula is C36H50N4. The number of allylic oxidation sites excluding steroid dienone is 5. The molecule has 3 unspecified atom stereocenters. The van der Waals surface area contributed by atoms with E-state index in [1.807, 2.05) is 0 Å². The van der Waals surface area contributed by atoms with Crippen molar-refractivity contribution in [2.75, 3.05) is 0 Å². The Morgan fingerprint density at radius 2 is 1.32 bits per heavy atom. The second kappa shape index (κ2) is 11.9. The Bertz CT molecular complexity index is 1480. The monoisotopic (exact) mass is 538 g/mol. The fourth-order valence-electron chi connectivity index (χ4n) is 7.97. The van der Waals surface area contributed by atoms with E-state index in [1.165, 1.54) is 55.5 Å². The first-order valence-corrected chi connectivity index (χ1v) is 16.2. The molecule has 0 radical (unpaired) electrons. The van der Waals surface area contributed by atoms with Gasteiger partial charge in [-0.15, -0.1) is 0 Å². The highest BCUT2D eigenvalue weighted by molar-refractivity contribution is 6.24. The first-order valence-electron chi connectivity index (χ1n) is 16.2. The molecule has 0 saturated heterocycles. The van der Waals surface area contributed by atoms with Crippen molar-refractivity contribution < 1.29 is 0 Å². The number of aromatic amines is 1. The van der Waals surface area contributed by atoms with E-state index in [-0.39, 0.29) is 6.04 Å². The van der Waals surface area contributed by atoms with Crippen molar-refractivity contribution in [1.82, 2.24) is 10.3 Å². The van der Waals surface area contributed by atoms with Gasteiger partial charge in [-0.3, -0.25) is 4.99 Å². The summed E-state index contributed by atoms with van der Waals surface area (Å²) in [5.41, 5.74) is 14.9. The molecule has 0 spiro atoms. The van der Waals surface area contributed by atoms with E-state index in [4.69, 9.17) is 9.98 Å². The number of fused-ring (bicyclic) bond motifs is 6. The number of aromatic nitrogens is 1. The van der Waals surface area contributed by atoms with E-state index in [9.17, 15) is 0 Å². The summed E-state index contributed by atoms with van der Waals surface area (Å²) in [6.45, 7) is 18.4. The molecule has 0 saturated carbocycles. The highest BCUT2D eigenvalue weighted by Gasteiger charge is 2.36. The fourth-order valence-corrected chi connectivity index (χ4v) is 7.97. The second-order valence-electron chi connectivity index (χ2n) is 11.6. The average molecular weight is 539 g/mol. The maximum Gasteiger partial charge on any atom is 0.0742 e. The number of H-pyrrole nitrogens is 1. The molecular weight excluding hydrogens is 488 g/mol. The molecule has 8 bridgehead atoms. The quantitative estimate of drug-likeness (QED) is 0.362. The number of nitrogens with one attached hydrogen (secondary N) is 2. The molecule has 4 heteroatoms. The van der Waals surface area contributed by atoms with Gasteiger partial charge >= 0.3 is 0 Å². The lowest BCUT2D eigenvalue weighted by Crippen LogP contribution is -2.32. The van der Waals surface area contributed by atoms with Crippen LogP contribution < -0.4 is 16.0 Å². The van der Waals surface area contributed by atoms with Crippen molar-refractivity contribution in [3.63, 3.8) is 0 Å². The van der Waals surface area contributed by atoms with E-state index in [0.717, 1.165) is 69.2 Å². The van der Waals surface area contributed by atoms with Gasteiger partial charge in [0.1, 0.15) is 0 Å². The van der Waals surface area contributed by atoms with Crippen LogP contribution in [0.1, 0.15) is 111 Å². The summed E-state index contributed by atoms with van der Waals surface area (Å²) >= 11 is 0. The van der Waals surface area contributed by atoms with Crippen LogP contribution in [0.5, 0.6) is 0 Å². The number of nitrogens with zero attached hydrogens (tertiary/aromatic N) is 2. The van der Waals surface area contributed by atoms with Crippen LogP contribution in [0.3, 0.4) is 0 Å². The van der Waals surface area contributed by atoms with Gasteiger partial charge in [-0.05, 0) is 115 Å². The Morgan fingerprint density at radius 1 is 0.675 bits per heavy atom. The van der Waals surface area contributed by atoms with Crippen LogP contribution in [0.4, 0.5) is 0 Å². The van der Waals surface area contributed by atoms with Crippen LogP contribution in [0.25, 0.3) is 12.2 Å². The van der Waals surface area contributed by atoms with Crippen LogP contribution in [0.15, 0.2) is 55.3 Å². The van der Waals surface area contributed by atoms with E-state index in [2.05, 4.69) is 83.9 Å². The highest BCUT2D eigenvalue weighted by Crippen LogP contribution is 2.39. The third kappa shape index (κ3) is 4.72. The molecule has 0 aliphatic carbocycles. The Kier molecular flexibility index (Phi) is 8.54. The van der Waals surface area contributed by atoms with Crippen LogP contribution in [0.2, 0.25) is 0 Å². The largest absolute Gasteiger partial charge is 0.382 e. The number of rotatable bonds is 8. The summed E-state index contributed by atoms with van der Waals surface area (Å²) in [5.74, 6) is 0.549. The summed E-state index contributed by atoms with van der Waals surface area (Å²) < 4.78 is 0. The molecule has 4 aliphatic heterocycles. The second-order valence-corrected chi connectivity index (χ2v) is 11.6. The molecule has 0 amide bonds. The van der Waals surface area contributed by atoms with Gasteiger partial charge < -0.3 is 10.3 Å². The van der Waals surface area contributed by atoms with Gasteiger partial charge in [-0.1, -0.05) is 55.4 Å². The normalized spacial score (nSPS) is 26.4. The van der Waals surface area contributed by atoms with E-state index in [1.54, 1.807) is 5.57 Å². The van der Waals surface area contributed by atoms with E-state index >= 15 is 0 Å². The first kappa shape index (κ1) is 28.6. The summed E-state index contributed by atoms with van der Waals surface area (Å²) in [5, 5.41) is 6.52. The molecule has 2 N–H and O–H groups in total. The summed E-state index contributed by atoms with van der Waals surface area (Å²) in [4.78, 5) is 14.6. The maximum absolute atomic E-state index is 5.45. The third-order valence-corrected chi connectivity index (χ3v) is 9.81. The Morgan fingerprint density at radius 3 is 1.90 bits per heavy atom. The standard InChI is InChI=1S/C36H50N4/c1-9-21-22(10-2)30-18-32-25(13-5)26(14-6)34(39-32)20-36-28(16-8)27(15-7)35(40-36)19-33-24(12-4)23(11-3)31(38-33)17-29(21)37-30/h17-19,26,34,36-37,39H,9-16,20H2,1-8H3/b29-17?,30-18-,33-19-. The SMILES string of the molecule is CCC1=C(CC)/C2=C/C3=NC(CC4NC(=C(CC)C4CC)/C=c4\[nH]c(c(CC)c4CC)=CC1=N2)C(CC)=C3CC. The first-order chi connectivity index (χ1) is 19.5. The molecule has 0 aromatic carbocycles. The smallest absolute Gasteiger partial charge is 0.0742 e. The lowest BCUT2D eigenvalue weighted by molar-refractivity contribution is 0.407. The zero-order valence-corrected chi connectivity index (χ0v) is 26.2. The molecule has 40 heavy (non-hydrogen) atoms. The predicted molar refractivity (Wildman–Crippen MR) is 172 cm³/mol. The Labute approximate surface area is 241 Å². The fraction of sp³-hybridized carbons (Fsp3) is 0.556. The minimum atomic E-state index is 0.245. The molecule has 3 atom stereocenters. The molecule has 1 aromatic rings. The lowest BCUT2D eigenvalue weighted by Gasteiger charge is -2.24. The van der Waals surface area contributed by atoms with Gasteiger partial charge in [0.05, 0.1) is 23.2 Å². The highest BCUT2D eigenvalue weighted by atomic mass is 15.0. The lowest BCUT2D eigenvalue weighted by atomic mass is 9.85. The Hall–Kier alpha value is -2.88. The summed E-state index contributed by atoms with van der Waals surface area (Å²) in [6.07, 6.45) is 16.5. The molecule has 4 aliphatic rings. The summed E-state index contributed by atoms with van der Waals surface area (Å²) in [6, 6.07) is 0.653. The predicted octanol–water partition coefficient (Wildman–Crippen LogP) is 7.16. The van der Waals surface area contributed by atoms with Crippen LogP contribution in [-0.4, -0.2) is 28.5 Å². The summed E-state index contributed by atoms with van der Waals surface area (Å²) in [7, 11) is 0. The van der Waals surface area contributed by atoms with Crippen LogP contribution >= 0.6 is 0 Å². The van der Waals surface area contributed by atoms with Crippen molar-refractivity contribution in [3.8, 4) is 0 Å². The van der Waals surface area contributed by atoms with Crippen molar-refractivity contribution >= 4 is 23.6 Å². The van der Waals surface area contributed by atoms with Crippen LogP contribution in [-0.2, 0) is 12.8 Å². The van der Waals surface area contributed by atoms with Gasteiger partial charge in [0, 0.05) is 28.4 Å². The number of aliphatic imine (C=N–C) groups is 2. The zero-order chi connectivity index (χ0) is 28.6. The molecule has 214 valence electrons. The van der Waals surface area contributed by atoms with E-state index in [0.29, 0.717) is 12.0 Å². The van der Waals surface area contributed by atoms with Gasteiger partial charge in [-0.25, -0.2) is 4.99 Å². The number of hydrogen-bond donors (Lipinski definition) is 2. The van der Waals surface area contributed by atoms with Gasteiger partial charge in [0.2, 0.25) is 0 Å². The van der Waals surface area contributed by atoms with Gasteiger partial charge in [0.15, 0.2) is 0 Å². The maximum atomic E-state index is 5.45. The van der Waals surface area contributed by atoms with Crippen LogP contribution in [0, 0.1) is 5.92 Å². The molecule has 5 rings (SSSR count). The molecule has 4 nitrogen and oxygen atoms in total. The van der Waals surface area contributed by atoms with Crippen molar-refractivity contribution in [2.24, 2.45) is 15.9 Å². The number of hydrogen-bond acceptors (Lipinski definition) is 3. The zero-order valence-electron chi connectivity index (χ0n) is 26.2. The Balaban J connectivity index is 1.82. The third-order valence-electron chi connectivity index (χ3n) is 9.81. The molecule has 0 fully saturated rings. The molecule has 1 aromatic heterocycles. The van der Waals surface area contributed by atoms with E-state index < -0.39 is 0 Å². The minimum Gasteiger partial charge on any atom is -0.382 e. The van der Waals surface area contributed by atoms with Crippen molar-refractivity contribution in [3.05, 3.63) is 67.2 Å². The van der Waals surface area contributed by atoms with Gasteiger partial charge in [0.25, 0.3) is 0 Å². The molecule has 5 heterocycles. The van der Waals surface area contributed by atoms with Crippen molar-refractivity contribution in [1.29, 1.82) is 0 Å². The topological polar surface area (TPSA) is 52.5 Å². The van der Waals surface area contributed by atoms with Gasteiger partial charge in [-0.2, -0.15) is 0 Å². The minimum absolute atomic E-state index is 0.245. The average Bonchev–Trinajstić information content (AvgIpc) is 3.67. The van der Waals surface area contributed by atoms with Crippen molar-refractivity contribution in [2.45, 2.75) is 125 Å².